The quantitative estimate of drug-likeness (QED) is 0.662. The van der Waals surface area contributed by atoms with Gasteiger partial charge in [-0.3, -0.25) is 13.9 Å². The molecule has 3 rings (SSSR count). The molecule has 2 amide bonds. The summed E-state index contributed by atoms with van der Waals surface area (Å²) in [7, 11) is 0.747. The van der Waals surface area contributed by atoms with Gasteiger partial charge in [0.05, 0.1) is 11.9 Å². The fourth-order valence-electron chi connectivity index (χ4n) is 4.76. The summed E-state index contributed by atoms with van der Waals surface area (Å²) in [6, 6.07) is 5.25. The molecule has 2 heterocycles. The summed E-state index contributed by atoms with van der Waals surface area (Å²) in [5.74, 6) is -0.0588. The molecule has 0 saturated carbocycles. The van der Waals surface area contributed by atoms with Crippen LogP contribution in [-0.2, 0) is 21.2 Å². The van der Waals surface area contributed by atoms with E-state index in [1.165, 1.54) is 10.6 Å². The van der Waals surface area contributed by atoms with E-state index in [1.54, 1.807) is 17.0 Å². The number of carbonyl (C=O) groups is 2. The summed E-state index contributed by atoms with van der Waals surface area (Å²) in [5, 5.41) is 3.10. The molecule has 1 fully saturated rings. The van der Waals surface area contributed by atoms with Crippen molar-refractivity contribution >= 4 is 27.5 Å². The van der Waals surface area contributed by atoms with Crippen molar-refractivity contribution in [1.82, 2.24) is 15.1 Å². The van der Waals surface area contributed by atoms with Crippen molar-refractivity contribution in [2.75, 3.05) is 57.4 Å². The maximum Gasteiger partial charge on any atom is 0.253 e. The maximum absolute atomic E-state index is 13.0. The highest BCUT2D eigenvalue weighted by atomic mass is 32.2. The van der Waals surface area contributed by atoms with Crippen molar-refractivity contribution in [2.24, 2.45) is 11.3 Å². The third kappa shape index (κ3) is 5.81. The van der Waals surface area contributed by atoms with Gasteiger partial charge in [0.1, 0.15) is 0 Å². The molecule has 2 aliphatic heterocycles. The third-order valence-electron chi connectivity index (χ3n) is 6.22. The van der Waals surface area contributed by atoms with Crippen molar-refractivity contribution in [3.05, 3.63) is 29.3 Å². The molecule has 0 aliphatic carbocycles. The number of hydrogen-bond donors (Lipinski definition) is 1. The highest BCUT2D eigenvalue weighted by molar-refractivity contribution is 7.92. The lowest BCUT2D eigenvalue weighted by molar-refractivity contribution is -0.126. The minimum atomic E-state index is -3.31. The van der Waals surface area contributed by atoms with Crippen LogP contribution in [0, 0.1) is 11.3 Å². The second-order valence-corrected chi connectivity index (χ2v) is 12.0. The van der Waals surface area contributed by atoms with E-state index in [9.17, 15) is 18.0 Å². The van der Waals surface area contributed by atoms with Crippen LogP contribution in [-0.4, -0.2) is 83.1 Å². The molecule has 178 valence electrons. The monoisotopic (exact) mass is 464 g/mol. The second-order valence-electron chi connectivity index (χ2n) is 10.1. The molecule has 0 bridgehead atoms. The van der Waals surface area contributed by atoms with Gasteiger partial charge in [0.2, 0.25) is 15.9 Å². The van der Waals surface area contributed by atoms with E-state index < -0.39 is 10.0 Å². The molecule has 1 aromatic rings. The zero-order chi connectivity index (χ0) is 23.7. The number of likely N-dealkylation sites (tertiary alicyclic amines) is 1. The predicted molar refractivity (Wildman–Crippen MR) is 126 cm³/mol. The van der Waals surface area contributed by atoms with Gasteiger partial charge in [-0.2, -0.15) is 0 Å². The predicted octanol–water partition coefficient (Wildman–Crippen LogP) is 1.56. The van der Waals surface area contributed by atoms with Gasteiger partial charge in [-0.1, -0.05) is 13.8 Å². The summed E-state index contributed by atoms with van der Waals surface area (Å²) in [6.07, 6.45) is 3.11. The standard InChI is InChI=1S/C23H36N4O4S/c1-23(2,16-25(3)4)15-24-21(28)17-8-11-26(12-9-17)22(29)19-6-7-20-18(14-19)10-13-27(20)32(5,30)31/h6-7,14,17H,8-13,15-16H2,1-5H3,(H,24,28). The Balaban J connectivity index is 1.54. The Bertz CT molecular complexity index is 966. The summed E-state index contributed by atoms with van der Waals surface area (Å²) in [5.41, 5.74) is 2.12. The average molecular weight is 465 g/mol. The Hall–Kier alpha value is -2.13. The van der Waals surface area contributed by atoms with Gasteiger partial charge in [-0.15, -0.1) is 0 Å². The first kappa shape index (κ1) is 24.5. The maximum atomic E-state index is 13.0. The topological polar surface area (TPSA) is 90.0 Å². The van der Waals surface area contributed by atoms with E-state index in [-0.39, 0.29) is 23.1 Å². The van der Waals surface area contributed by atoms with Gasteiger partial charge in [0.25, 0.3) is 5.91 Å². The Morgan fingerprint density at radius 1 is 1.16 bits per heavy atom. The lowest BCUT2D eigenvalue weighted by Gasteiger charge is -2.33. The molecule has 8 nitrogen and oxygen atoms in total. The van der Waals surface area contributed by atoms with Crippen molar-refractivity contribution < 1.29 is 18.0 Å². The van der Waals surface area contributed by atoms with Gasteiger partial charge in [0.15, 0.2) is 0 Å². The van der Waals surface area contributed by atoms with Crippen LogP contribution in [0.5, 0.6) is 0 Å². The van der Waals surface area contributed by atoms with E-state index in [2.05, 4.69) is 24.1 Å². The fourth-order valence-corrected chi connectivity index (χ4v) is 5.72. The number of sulfonamides is 1. The number of carbonyl (C=O) groups excluding carboxylic acids is 2. The molecule has 32 heavy (non-hydrogen) atoms. The van der Waals surface area contributed by atoms with Crippen LogP contribution in [0.1, 0.15) is 42.6 Å². The number of benzene rings is 1. The molecule has 1 saturated heterocycles. The Morgan fingerprint density at radius 3 is 2.41 bits per heavy atom. The first-order valence-electron chi connectivity index (χ1n) is 11.2. The number of hydrogen-bond acceptors (Lipinski definition) is 5. The third-order valence-corrected chi connectivity index (χ3v) is 7.40. The number of fused-ring (bicyclic) bond motifs is 1. The first-order valence-corrected chi connectivity index (χ1v) is 13.0. The number of anilines is 1. The molecular formula is C23H36N4O4S. The van der Waals surface area contributed by atoms with Crippen LogP contribution < -0.4 is 9.62 Å². The van der Waals surface area contributed by atoms with Crippen molar-refractivity contribution in [1.29, 1.82) is 0 Å². The van der Waals surface area contributed by atoms with E-state index >= 15 is 0 Å². The molecule has 1 N–H and O–H groups in total. The number of piperidine rings is 1. The largest absolute Gasteiger partial charge is 0.355 e. The summed E-state index contributed by atoms with van der Waals surface area (Å²) in [4.78, 5) is 29.6. The van der Waals surface area contributed by atoms with E-state index in [0.29, 0.717) is 56.7 Å². The average Bonchev–Trinajstić information content (AvgIpc) is 3.14. The lowest BCUT2D eigenvalue weighted by Crippen LogP contribution is -2.46. The molecular weight excluding hydrogens is 428 g/mol. The van der Waals surface area contributed by atoms with Gasteiger partial charge < -0.3 is 15.1 Å². The first-order chi connectivity index (χ1) is 14.9. The van der Waals surface area contributed by atoms with Gasteiger partial charge in [-0.25, -0.2) is 8.42 Å². The van der Waals surface area contributed by atoms with Crippen molar-refractivity contribution in [3.8, 4) is 0 Å². The van der Waals surface area contributed by atoms with Crippen LogP contribution in [0.25, 0.3) is 0 Å². The van der Waals surface area contributed by atoms with Crippen molar-refractivity contribution in [3.63, 3.8) is 0 Å². The van der Waals surface area contributed by atoms with Crippen LogP contribution in [0.2, 0.25) is 0 Å². The molecule has 0 spiro atoms. The van der Waals surface area contributed by atoms with Crippen LogP contribution in [0.3, 0.4) is 0 Å². The molecule has 1 aromatic carbocycles. The molecule has 0 unspecified atom stereocenters. The molecule has 2 aliphatic rings. The Morgan fingerprint density at radius 2 is 1.81 bits per heavy atom. The summed E-state index contributed by atoms with van der Waals surface area (Å²) < 4.78 is 25.2. The normalized spacial score (nSPS) is 17.6. The van der Waals surface area contributed by atoms with E-state index in [0.717, 1.165) is 12.1 Å². The Kier molecular flexibility index (Phi) is 7.19. The number of nitrogens with one attached hydrogen (secondary N) is 1. The highest BCUT2D eigenvalue weighted by Gasteiger charge is 2.31. The van der Waals surface area contributed by atoms with Crippen LogP contribution >= 0.6 is 0 Å². The highest BCUT2D eigenvalue weighted by Crippen LogP contribution is 2.31. The smallest absolute Gasteiger partial charge is 0.253 e. The number of amides is 2. The molecule has 0 radical (unpaired) electrons. The molecule has 0 aromatic heterocycles. The minimum Gasteiger partial charge on any atom is -0.355 e. The zero-order valence-electron chi connectivity index (χ0n) is 19.8. The van der Waals surface area contributed by atoms with E-state index in [1.807, 2.05) is 20.2 Å². The van der Waals surface area contributed by atoms with Crippen molar-refractivity contribution in [2.45, 2.75) is 33.1 Å². The van der Waals surface area contributed by atoms with Crippen LogP contribution in [0.4, 0.5) is 5.69 Å². The van der Waals surface area contributed by atoms with Crippen LogP contribution in [0.15, 0.2) is 18.2 Å². The van der Waals surface area contributed by atoms with Gasteiger partial charge in [-0.05, 0) is 62.5 Å². The SMILES string of the molecule is CN(C)CC(C)(C)CNC(=O)C1CCN(C(=O)c2ccc3c(c2)CCN3S(C)(=O)=O)CC1. The van der Waals surface area contributed by atoms with Gasteiger partial charge in [0, 0.05) is 44.2 Å². The Labute approximate surface area is 192 Å². The fraction of sp³-hybridized carbons (Fsp3) is 0.652. The summed E-state index contributed by atoms with van der Waals surface area (Å²) >= 11 is 0. The minimum absolute atomic E-state index is 0.00389. The second kappa shape index (κ2) is 9.39. The van der Waals surface area contributed by atoms with Gasteiger partial charge >= 0.3 is 0 Å². The number of nitrogens with zero attached hydrogens (tertiary/aromatic N) is 3. The van der Waals surface area contributed by atoms with E-state index in [4.69, 9.17) is 0 Å². The number of rotatable bonds is 7. The molecule has 9 heteroatoms. The lowest BCUT2D eigenvalue weighted by atomic mass is 9.91. The summed E-state index contributed by atoms with van der Waals surface area (Å²) in [6.45, 7) is 7.30. The zero-order valence-corrected chi connectivity index (χ0v) is 20.7. The molecule has 0 atom stereocenters.